The molecule has 1 aliphatic rings. The van der Waals surface area contributed by atoms with E-state index in [1.54, 1.807) is 0 Å². The van der Waals surface area contributed by atoms with Crippen molar-refractivity contribution < 1.29 is 0 Å². The molecule has 1 fully saturated rings. The number of nitrogens with zero attached hydrogens (tertiary/aromatic N) is 4. The van der Waals surface area contributed by atoms with E-state index in [1.165, 1.54) is 18.4 Å². The Morgan fingerprint density at radius 2 is 1.87 bits per heavy atom. The van der Waals surface area contributed by atoms with Crippen LogP contribution in [-0.2, 0) is 20.1 Å². The minimum atomic E-state index is 0. The molecule has 0 aliphatic carbocycles. The summed E-state index contributed by atoms with van der Waals surface area (Å²) < 4.78 is 2.13. The second-order valence-electron chi connectivity index (χ2n) is 7.63. The van der Waals surface area contributed by atoms with Crippen molar-refractivity contribution in [2.24, 2.45) is 12.0 Å². The average Bonchev–Trinajstić information content (AvgIpc) is 3.33. The fourth-order valence-corrected chi connectivity index (χ4v) is 4.10. The lowest BCUT2D eigenvalue weighted by Crippen LogP contribution is -2.44. The third kappa shape index (κ3) is 5.31. The molecule has 1 aliphatic heterocycles. The number of guanidine groups is 1. The second-order valence-corrected chi connectivity index (χ2v) is 7.63. The van der Waals surface area contributed by atoms with Crippen molar-refractivity contribution in [2.75, 3.05) is 20.1 Å². The fourth-order valence-electron chi connectivity index (χ4n) is 4.10. The maximum absolute atomic E-state index is 4.72. The number of fused-ring (bicyclic) bond motifs is 1. The van der Waals surface area contributed by atoms with Gasteiger partial charge < -0.3 is 15.2 Å². The van der Waals surface area contributed by atoms with E-state index >= 15 is 0 Å². The summed E-state index contributed by atoms with van der Waals surface area (Å²) in [5, 5.41) is 6.92. The van der Waals surface area contributed by atoms with Gasteiger partial charge in [0.25, 0.3) is 0 Å². The Balaban J connectivity index is 0.00000256. The zero-order valence-electron chi connectivity index (χ0n) is 17.7. The highest BCUT2D eigenvalue weighted by molar-refractivity contribution is 14.0. The van der Waals surface area contributed by atoms with Crippen LogP contribution >= 0.6 is 24.0 Å². The molecule has 1 atom stereocenters. The smallest absolute Gasteiger partial charge is 0.191 e. The van der Waals surface area contributed by atoms with Crippen molar-refractivity contribution in [2.45, 2.75) is 32.0 Å². The van der Waals surface area contributed by atoms with Crippen molar-refractivity contribution >= 4 is 41.0 Å². The molecule has 0 spiro atoms. The van der Waals surface area contributed by atoms with Crippen molar-refractivity contribution in [1.82, 2.24) is 25.1 Å². The molecule has 7 heteroatoms. The predicted octanol–water partition coefficient (Wildman–Crippen LogP) is 3.52. The normalized spacial score (nSPS) is 17.1. The Bertz CT molecular complexity index is 968. The summed E-state index contributed by atoms with van der Waals surface area (Å²) in [6.07, 6.45) is 2.48. The van der Waals surface area contributed by atoms with Crippen molar-refractivity contribution in [3.05, 3.63) is 66.0 Å². The van der Waals surface area contributed by atoms with E-state index in [9.17, 15) is 0 Å². The molecule has 0 amide bonds. The van der Waals surface area contributed by atoms with Gasteiger partial charge in [0, 0.05) is 33.2 Å². The average molecular weight is 518 g/mol. The van der Waals surface area contributed by atoms with Crippen LogP contribution in [0.2, 0.25) is 0 Å². The molecule has 3 aromatic rings. The van der Waals surface area contributed by atoms with Gasteiger partial charge in [-0.25, -0.2) is 4.98 Å². The van der Waals surface area contributed by atoms with E-state index in [0.717, 1.165) is 42.5 Å². The molecule has 6 nitrogen and oxygen atoms in total. The summed E-state index contributed by atoms with van der Waals surface area (Å²) in [5.74, 6) is 1.82. The quantitative estimate of drug-likeness (QED) is 0.298. The van der Waals surface area contributed by atoms with E-state index in [0.29, 0.717) is 12.6 Å². The van der Waals surface area contributed by atoms with Gasteiger partial charge in [0.2, 0.25) is 0 Å². The number of benzene rings is 2. The molecular weight excluding hydrogens is 487 g/mol. The van der Waals surface area contributed by atoms with Crippen LogP contribution in [0, 0.1) is 0 Å². The van der Waals surface area contributed by atoms with E-state index in [2.05, 4.69) is 68.5 Å². The van der Waals surface area contributed by atoms with Crippen LogP contribution in [0.5, 0.6) is 0 Å². The molecule has 2 N–H and O–H groups in total. The Morgan fingerprint density at radius 3 is 2.63 bits per heavy atom. The Hall–Kier alpha value is -2.13. The SMILES string of the molecule is CN=C(NCc1nc2ccccc2n1C)NCC1CCCN1Cc1ccccc1.I. The Morgan fingerprint density at radius 1 is 1.10 bits per heavy atom. The van der Waals surface area contributed by atoms with Crippen LogP contribution in [-0.4, -0.2) is 46.6 Å². The topological polar surface area (TPSA) is 57.5 Å². The molecular formula is C23H31IN6. The number of likely N-dealkylation sites (tertiary alicyclic amines) is 1. The molecule has 2 aromatic carbocycles. The summed E-state index contributed by atoms with van der Waals surface area (Å²) in [6.45, 7) is 3.71. The highest BCUT2D eigenvalue weighted by Crippen LogP contribution is 2.19. The van der Waals surface area contributed by atoms with Crippen molar-refractivity contribution in [1.29, 1.82) is 0 Å². The summed E-state index contributed by atoms with van der Waals surface area (Å²) in [5.41, 5.74) is 3.55. The fraction of sp³-hybridized carbons (Fsp3) is 0.391. The monoisotopic (exact) mass is 518 g/mol. The number of nitrogens with one attached hydrogen (secondary N) is 2. The van der Waals surface area contributed by atoms with Crippen LogP contribution < -0.4 is 10.6 Å². The summed E-state index contributed by atoms with van der Waals surface area (Å²) in [4.78, 5) is 11.7. The lowest BCUT2D eigenvalue weighted by atomic mass is 10.2. The lowest BCUT2D eigenvalue weighted by molar-refractivity contribution is 0.245. The van der Waals surface area contributed by atoms with Crippen molar-refractivity contribution in [3.63, 3.8) is 0 Å². The van der Waals surface area contributed by atoms with Gasteiger partial charge in [-0.1, -0.05) is 42.5 Å². The number of imidazole rings is 1. The Kier molecular flexibility index (Phi) is 8.09. The third-order valence-electron chi connectivity index (χ3n) is 5.75. The second kappa shape index (κ2) is 10.8. The van der Waals surface area contributed by atoms with Gasteiger partial charge in [-0.05, 0) is 37.1 Å². The van der Waals surface area contributed by atoms with Gasteiger partial charge in [-0.15, -0.1) is 24.0 Å². The largest absolute Gasteiger partial charge is 0.355 e. The number of hydrogen-bond acceptors (Lipinski definition) is 3. The first kappa shape index (κ1) is 22.6. The minimum absolute atomic E-state index is 0. The molecule has 1 unspecified atom stereocenters. The maximum Gasteiger partial charge on any atom is 0.191 e. The van der Waals surface area contributed by atoms with Crippen molar-refractivity contribution in [3.8, 4) is 0 Å². The lowest BCUT2D eigenvalue weighted by Gasteiger charge is -2.25. The zero-order valence-corrected chi connectivity index (χ0v) is 20.0. The van der Waals surface area contributed by atoms with Crippen LogP contribution in [0.3, 0.4) is 0 Å². The third-order valence-corrected chi connectivity index (χ3v) is 5.75. The van der Waals surface area contributed by atoms with Gasteiger partial charge in [0.1, 0.15) is 5.82 Å². The van der Waals surface area contributed by atoms with Crippen LogP contribution in [0.15, 0.2) is 59.6 Å². The van der Waals surface area contributed by atoms with Gasteiger partial charge in [-0.3, -0.25) is 9.89 Å². The van der Waals surface area contributed by atoms with Crippen LogP contribution in [0.1, 0.15) is 24.2 Å². The zero-order chi connectivity index (χ0) is 20.1. The Labute approximate surface area is 195 Å². The molecule has 30 heavy (non-hydrogen) atoms. The van der Waals surface area contributed by atoms with E-state index in [1.807, 2.05) is 25.2 Å². The minimum Gasteiger partial charge on any atom is -0.355 e. The van der Waals surface area contributed by atoms with E-state index in [4.69, 9.17) is 4.98 Å². The number of halogens is 1. The molecule has 0 saturated carbocycles. The molecule has 0 radical (unpaired) electrons. The molecule has 2 heterocycles. The van der Waals surface area contributed by atoms with Gasteiger partial charge in [0.05, 0.1) is 17.6 Å². The summed E-state index contributed by atoms with van der Waals surface area (Å²) >= 11 is 0. The molecule has 1 aromatic heterocycles. The number of aromatic nitrogens is 2. The summed E-state index contributed by atoms with van der Waals surface area (Å²) in [7, 11) is 3.88. The number of aryl methyl sites for hydroxylation is 1. The first-order valence-electron chi connectivity index (χ1n) is 10.4. The van der Waals surface area contributed by atoms with Gasteiger partial charge in [-0.2, -0.15) is 0 Å². The van der Waals surface area contributed by atoms with Crippen LogP contribution in [0.25, 0.3) is 11.0 Å². The maximum atomic E-state index is 4.72. The number of aliphatic imine (C=N–C) groups is 1. The highest BCUT2D eigenvalue weighted by atomic mass is 127. The molecule has 1 saturated heterocycles. The van der Waals surface area contributed by atoms with Crippen LogP contribution in [0.4, 0.5) is 0 Å². The first-order chi connectivity index (χ1) is 14.2. The number of hydrogen-bond donors (Lipinski definition) is 2. The van der Waals surface area contributed by atoms with Gasteiger partial charge in [0.15, 0.2) is 5.96 Å². The van der Waals surface area contributed by atoms with Gasteiger partial charge >= 0.3 is 0 Å². The number of rotatable bonds is 6. The molecule has 160 valence electrons. The van der Waals surface area contributed by atoms with E-state index < -0.39 is 0 Å². The van der Waals surface area contributed by atoms with E-state index in [-0.39, 0.29) is 24.0 Å². The molecule has 4 rings (SSSR count). The first-order valence-corrected chi connectivity index (χ1v) is 10.4. The predicted molar refractivity (Wildman–Crippen MR) is 134 cm³/mol. The molecule has 0 bridgehead atoms. The summed E-state index contributed by atoms with van der Waals surface area (Å²) in [6, 6.07) is 19.5. The highest BCUT2D eigenvalue weighted by Gasteiger charge is 2.24. The standard InChI is InChI=1S/C23H30N6.HI/c1-24-23(26-16-22-27-20-12-6-7-13-21(20)28(22)2)25-15-19-11-8-14-29(19)17-18-9-4-3-5-10-18;/h3-7,9-10,12-13,19H,8,11,14-17H2,1-2H3,(H2,24,25,26);1H. The number of para-hydroxylation sites is 2.